The van der Waals surface area contributed by atoms with Crippen molar-refractivity contribution in [1.29, 1.82) is 0 Å². The first-order valence-electron chi connectivity index (χ1n) is 8.20. The number of carbonyl (C=O) groups excluding carboxylic acids is 1. The number of rotatable bonds is 6. The minimum atomic E-state index is -0.727. The lowest BCUT2D eigenvalue weighted by Gasteiger charge is -2.07. The number of carbonyl (C=O) groups is 1. The molecule has 0 aliphatic heterocycles. The van der Waals surface area contributed by atoms with Crippen molar-refractivity contribution in [2.45, 2.75) is 19.6 Å². The maximum absolute atomic E-state index is 12.3. The molecule has 0 spiro atoms. The van der Waals surface area contributed by atoms with Gasteiger partial charge in [0.2, 0.25) is 11.6 Å². The van der Waals surface area contributed by atoms with Gasteiger partial charge in [-0.25, -0.2) is 4.79 Å². The molecule has 0 bridgehead atoms. The van der Waals surface area contributed by atoms with E-state index in [0.717, 1.165) is 0 Å². The van der Waals surface area contributed by atoms with Crippen LogP contribution in [0.4, 0.5) is 0 Å². The van der Waals surface area contributed by atoms with Crippen LogP contribution < -0.4 is 0 Å². The van der Waals surface area contributed by atoms with Gasteiger partial charge in [0.1, 0.15) is 5.76 Å². The predicted molar refractivity (Wildman–Crippen MR) is 91.4 cm³/mol. The monoisotopic (exact) mass is 365 g/mol. The number of ether oxygens (including phenoxy) is 1. The van der Waals surface area contributed by atoms with Crippen molar-refractivity contribution >= 4 is 5.97 Å². The van der Waals surface area contributed by atoms with Crippen LogP contribution in [-0.2, 0) is 11.3 Å². The standard InChI is InChI=1S/C18H15N5O4/c1-12(17-21-16(22-27-17)13-4-2-7-19-10-13)25-18(24)15-6-5-14(26-15)11-23-9-3-8-20-23/h2-10,12H,11H2,1H3. The number of furan rings is 1. The fraction of sp³-hybridized carbons (Fsp3) is 0.167. The van der Waals surface area contributed by atoms with Gasteiger partial charge in [0.25, 0.3) is 5.89 Å². The Hall–Kier alpha value is -3.75. The second-order valence-corrected chi connectivity index (χ2v) is 5.72. The first-order chi connectivity index (χ1) is 13.2. The van der Waals surface area contributed by atoms with Gasteiger partial charge in [0.05, 0.1) is 6.54 Å². The molecule has 4 rings (SSSR count). The molecular weight excluding hydrogens is 350 g/mol. The number of esters is 1. The molecule has 0 aliphatic rings. The minimum Gasteiger partial charge on any atom is -0.452 e. The third-order valence-corrected chi connectivity index (χ3v) is 3.73. The third-order valence-electron chi connectivity index (χ3n) is 3.73. The molecule has 0 N–H and O–H groups in total. The Bertz CT molecular complexity index is 1020. The van der Waals surface area contributed by atoms with E-state index in [4.69, 9.17) is 13.7 Å². The van der Waals surface area contributed by atoms with Crippen molar-refractivity contribution in [3.8, 4) is 11.4 Å². The number of pyridine rings is 1. The molecule has 4 heterocycles. The van der Waals surface area contributed by atoms with Gasteiger partial charge in [-0.3, -0.25) is 9.67 Å². The topological polar surface area (TPSA) is 109 Å². The molecule has 4 aromatic heterocycles. The Morgan fingerprint density at radius 3 is 2.96 bits per heavy atom. The fourth-order valence-electron chi connectivity index (χ4n) is 2.41. The molecular formula is C18H15N5O4. The summed E-state index contributed by atoms with van der Waals surface area (Å²) in [6, 6.07) is 8.65. The third kappa shape index (κ3) is 3.76. The predicted octanol–water partition coefficient (Wildman–Crippen LogP) is 2.89. The minimum absolute atomic E-state index is 0.0935. The van der Waals surface area contributed by atoms with Crippen LogP contribution >= 0.6 is 0 Å². The first kappa shape index (κ1) is 16.7. The zero-order valence-electron chi connectivity index (χ0n) is 14.3. The molecule has 0 fully saturated rings. The molecule has 0 saturated carbocycles. The molecule has 1 unspecified atom stereocenters. The summed E-state index contributed by atoms with van der Waals surface area (Å²) in [5.41, 5.74) is 0.709. The van der Waals surface area contributed by atoms with E-state index in [2.05, 4.69) is 20.2 Å². The largest absolute Gasteiger partial charge is 0.452 e. The van der Waals surface area contributed by atoms with Crippen LogP contribution in [0.1, 0.15) is 35.2 Å². The zero-order chi connectivity index (χ0) is 18.6. The van der Waals surface area contributed by atoms with Crippen LogP contribution in [0.25, 0.3) is 11.4 Å². The molecule has 27 heavy (non-hydrogen) atoms. The van der Waals surface area contributed by atoms with Gasteiger partial charge < -0.3 is 13.7 Å². The number of nitrogens with zero attached hydrogens (tertiary/aromatic N) is 5. The molecule has 0 radical (unpaired) electrons. The van der Waals surface area contributed by atoms with Gasteiger partial charge in [-0.05, 0) is 37.3 Å². The molecule has 136 valence electrons. The van der Waals surface area contributed by atoms with Crippen molar-refractivity contribution in [3.05, 3.63) is 72.5 Å². The lowest BCUT2D eigenvalue weighted by atomic mass is 10.3. The second-order valence-electron chi connectivity index (χ2n) is 5.72. The highest BCUT2D eigenvalue weighted by molar-refractivity contribution is 5.86. The van der Waals surface area contributed by atoms with Crippen LogP contribution in [0.2, 0.25) is 0 Å². The normalized spacial score (nSPS) is 12.0. The Kier molecular flexibility index (Phi) is 4.48. The SMILES string of the molecule is CC(OC(=O)c1ccc(Cn2cccn2)o1)c1nc(-c2cccnc2)no1. The summed E-state index contributed by atoms with van der Waals surface area (Å²) < 4.78 is 17.7. The fourth-order valence-corrected chi connectivity index (χ4v) is 2.41. The first-order valence-corrected chi connectivity index (χ1v) is 8.20. The summed E-state index contributed by atoms with van der Waals surface area (Å²) in [6.07, 6.45) is 6.02. The van der Waals surface area contributed by atoms with Crippen LogP contribution in [-0.4, -0.2) is 30.9 Å². The number of aromatic nitrogens is 5. The van der Waals surface area contributed by atoms with Gasteiger partial charge in [-0.15, -0.1) is 0 Å². The van der Waals surface area contributed by atoms with Crippen molar-refractivity contribution in [1.82, 2.24) is 24.9 Å². The molecule has 0 aliphatic carbocycles. The summed E-state index contributed by atoms with van der Waals surface area (Å²) in [4.78, 5) is 20.5. The van der Waals surface area contributed by atoms with E-state index in [1.54, 1.807) is 54.6 Å². The molecule has 9 nitrogen and oxygen atoms in total. The van der Waals surface area contributed by atoms with E-state index in [1.165, 1.54) is 0 Å². The van der Waals surface area contributed by atoms with Crippen LogP contribution in [0.15, 0.2) is 64.1 Å². The molecule has 1 atom stereocenters. The highest BCUT2D eigenvalue weighted by atomic mass is 16.6. The van der Waals surface area contributed by atoms with Gasteiger partial charge >= 0.3 is 5.97 Å². The second kappa shape index (κ2) is 7.24. The van der Waals surface area contributed by atoms with Gasteiger partial charge in [0.15, 0.2) is 6.10 Å². The van der Waals surface area contributed by atoms with E-state index in [1.807, 2.05) is 12.1 Å². The summed E-state index contributed by atoms with van der Waals surface area (Å²) in [6.45, 7) is 2.07. The van der Waals surface area contributed by atoms with E-state index in [0.29, 0.717) is 23.7 Å². The lowest BCUT2D eigenvalue weighted by Crippen LogP contribution is -2.09. The van der Waals surface area contributed by atoms with Crippen molar-refractivity contribution in [2.24, 2.45) is 0 Å². The van der Waals surface area contributed by atoms with E-state index >= 15 is 0 Å². The summed E-state index contributed by atoms with van der Waals surface area (Å²) in [5, 5.41) is 7.97. The molecule has 9 heteroatoms. The molecule has 0 saturated heterocycles. The average Bonchev–Trinajstić information content (AvgIpc) is 3.44. The number of hydrogen-bond acceptors (Lipinski definition) is 8. The highest BCUT2D eigenvalue weighted by Gasteiger charge is 2.22. The van der Waals surface area contributed by atoms with E-state index in [9.17, 15) is 4.79 Å². The van der Waals surface area contributed by atoms with Crippen molar-refractivity contribution in [3.63, 3.8) is 0 Å². The highest BCUT2D eigenvalue weighted by Crippen LogP contribution is 2.21. The summed E-state index contributed by atoms with van der Waals surface area (Å²) in [5.74, 6) is 0.632. The molecule has 0 amide bonds. The van der Waals surface area contributed by atoms with Crippen LogP contribution in [0, 0.1) is 0 Å². The Labute approximate surface area is 153 Å². The lowest BCUT2D eigenvalue weighted by molar-refractivity contribution is 0.0228. The Morgan fingerprint density at radius 1 is 1.26 bits per heavy atom. The molecule has 4 aromatic rings. The van der Waals surface area contributed by atoms with Gasteiger partial charge in [-0.1, -0.05) is 5.16 Å². The summed E-state index contributed by atoms with van der Waals surface area (Å²) >= 11 is 0. The van der Waals surface area contributed by atoms with Crippen LogP contribution in [0.3, 0.4) is 0 Å². The average molecular weight is 365 g/mol. The van der Waals surface area contributed by atoms with Crippen molar-refractivity contribution < 1.29 is 18.5 Å². The Balaban J connectivity index is 1.41. The smallest absolute Gasteiger partial charge is 0.375 e. The Morgan fingerprint density at radius 2 is 2.19 bits per heavy atom. The number of hydrogen-bond donors (Lipinski definition) is 0. The van der Waals surface area contributed by atoms with E-state index < -0.39 is 12.1 Å². The van der Waals surface area contributed by atoms with Gasteiger partial charge in [-0.2, -0.15) is 10.1 Å². The van der Waals surface area contributed by atoms with Crippen LogP contribution in [0.5, 0.6) is 0 Å². The van der Waals surface area contributed by atoms with E-state index in [-0.39, 0.29) is 11.7 Å². The molecule has 0 aromatic carbocycles. The quantitative estimate of drug-likeness (QED) is 0.480. The maximum atomic E-state index is 12.3. The van der Waals surface area contributed by atoms with Gasteiger partial charge in [0, 0.05) is 30.4 Å². The maximum Gasteiger partial charge on any atom is 0.375 e. The zero-order valence-corrected chi connectivity index (χ0v) is 14.3. The van der Waals surface area contributed by atoms with Crippen molar-refractivity contribution in [2.75, 3.05) is 0 Å². The summed E-state index contributed by atoms with van der Waals surface area (Å²) in [7, 11) is 0.